The molecule has 1 fully saturated rings. The van der Waals surface area contributed by atoms with Crippen molar-refractivity contribution in [3.63, 3.8) is 0 Å². The normalized spacial score (nSPS) is 22.2. The third-order valence-corrected chi connectivity index (χ3v) is 3.76. The molecule has 0 radical (unpaired) electrons. The molecular formula is C14H15NO5. The Kier molecular flexibility index (Phi) is 4.12. The maximum Gasteiger partial charge on any atom is 0.307 e. The molecule has 0 bridgehead atoms. The summed E-state index contributed by atoms with van der Waals surface area (Å²) in [4.78, 5) is 33.8. The highest BCUT2D eigenvalue weighted by Crippen LogP contribution is 2.33. The van der Waals surface area contributed by atoms with Crippen molar-refractivity contribution < 1.29 is 19.6 Å². The molecule has 1 saturated carbocycles. The molecule has 1 aromatic rings. The number of carbonyl (C=O) groups is 2. The molecule has 0 heterocycles. The highest BCUT2D eigenvalue weighted by molar-refractivity contribution is 6.00. The lowest BCUT2D eigenvalue weighted by atomic mass is 9.75. The summed E-state index contributed by atoms with van der Waals surface area (Å²) < 4.78 is 0. The number of rotatable bonds is 4. The second kappa shape index (κ2) is 5.81. The molecule has 2 rings (SSSR count). The first-order chi connectivity index (χ1) is 9.50. The van der Waals surface area contributed by atoms with Gasteiger partial charge in [-0.3, -0.25) is 19.7 Å². The molecule has 0 amide bonds. The Labute approximate surface area is 115 Å². The predicted octanol–water partition coefficient (Wildman–Crippen LogP) is 2.67. The molecule has 20 heavy (non-hydrogen) atoms. The van der Waals surface area contributed by atoms with Crippen LogP contribution in [0.5, 0.6) is 0 Å². The Bertz CT molecular complexity index is 554. The number of aliphatic carboxylic acids is 1. The van der Waals surface area contributed by atoms with E-state index in [1.807, 2.05) is 0 Å². The first-order valence-corrected chi connectivity index (χ1v) is 6.52. The van der Waals surface area contributed by atoms with E-state index in [9.17, 15) is 24.8 Å². The van der Waals surface area contributed by atoms with Crippen LogP contribution in [0.1, 0.15) is 36.0 Å². The van der Waals surface area contributed by atoms with Crippen molar-refractivity contribution >= 4 is 17.4 Å². The van der Waals surface area contributed by atoms with Gasteiger partial charge < -0.3 is 5.11 Å². The molecule has 1 aliphatic carbocycles. The fourth-order valence-electron chi connectivity index (χ4n) is 2.73. The first kappa shape index (κ1) is 14.2. The zero-order valence-electron chi connectivity index (χ0n) is 10.8. The van der Waals surface area contributed by atoms with E-state index in [0.717, 1.165) is 12.8 Å². The summed E-state index contributed by atoms with van der Waals surface area (Å²) in [7, 11) is 0. The zero-order valence-corrected chi connectivity index (χ0v) is 10.8. The molecule has 1 N–H and O–H groups in total. The second-order valence-electron chi connectivity index (χ2n) is 5.01. The molecule has 0 aromatic heterocycles. The van der Waals surface area contributed by atoms with Crippen molar-refractivity contribution in [3.05, 3.63) is 39.9 Å². The number of carboxylic acid groups (broad SMARTS) is 1. The summed E-state index contributed by atoms with van der Waals surface area (Å²) in [6, 6.07) is 5.48. The summed E-state index contributed by atoms with van der Waals surface area (Å²) >= 11 is 0. The minimum atomic E-state index is -0.964. The maximum atomic E-state index is 12.4. The van der Waals surface area contributed by atoms with Crippen LogP contribution in [0.4, 0.5) is 5.69 Å². The lowest BCUT2D eigenvalue weighted by Gasteiger charge is -2.27. The van der Waals surface area contributed by atoms with Crippen molar-refractivity contribution in [2.24, 2.45) is 11.8 Å². The zero-order chi connectivity index (χ0) is 14.7. The average Bonchev–Trinajstić information content (AvgIpc) is 2.46. The number of non-ortho nitro benzene ring substituents is 1. The van der Waals surface area contributed by atoms with Gasteiger partial charge in [-0.1, -0.05) is 25.0 Å². The fraction of sp³-hybridized carbons (Fsp3) is 0.429. The van der Waals surface area contributed by atoms with Gasteiger partial charge >= 0.3 is 5.97 Å². The first-order valence-electron chi connectivity index (χ1n) is 6.52. The number of hydrogen-bond acceptors (Lipinski definition) is 4. The molecule has 6 heteroatoms. The van der Waals surface area contributed by atoms with Gasteiger partial charge in [-0.05, 0) is 12.8 Å². The summed E-state index contributed by atoms with van der Waals surface area (Å²) in [6.45, 7) is 0. The van der Waals surface area contributed by atoms with Crippen molar-refractivity contribution in [3.8, 4) is 0 Å². The lowest BCUT2D eigenvalue weighted by Crippen LogP contribution is -2.32. The number of carboxylic acids is 1. The predicted molar refractivity (Wildman–Crippen MR) is 70.5 cm³/mol. The third kappa shape index (κ3) is 2.84. The van der Waals surface area contributed by atoms with Crippen molar-refractivity contribution in [2.75, 3.05) is 0 Å². The van der Waals surface area contributed by atoms with E-state index in [2.05, 4.69) is 0 Å². The van der Waals surface area contributed by atoms with Crippen molar-refractivity contribution in [1.29, 1.82) is 0 Å². The number of nitro groups is 1. The molecular weight excluding hydrogens is 262 g/mol. The highest BCUT2D eigenvalue weighted by atomic mass is 16.6. The smallest absolute Gasteiger partial charge is 0.307 e. The van der Waals surface area contributed by atoms with E-state index in [-0.39, 0.29) is 17.0 Å². The van der Waals surface area contributed by atoms with Crippen molar-refractivity contribution in [2.45, 2.75) is 25.7 Å². The van der Waals surface area contributed by atoms with Crippen LogP contribution in [0.25, 0.3) is 0 Å². The van der Waals surface area contributed by atoms with Gasteiger partial charge in [-0.15, -0.1) is 0 Å². The fourth-order valence-corrected chi connectivity index (χ4v) is 2.73. The minimum absolute atomic E-state index is 0.154. The Balaban J connectivity index is 2.27. The molecule has 0 aliphatic heterocycles. The molecule has 6 nitrogen and oxygen atoms in total. The van der Waals surface area contributed by atoms with Crippen LogP contribution in [-0.2, 0) is 4.79 Å². The average molecular weight is 277 g/mol. The molecule has 1 aliphatic rings. The Morgan fingerprint density at radius 2 is 1.85 bits per heavy atom. The van der Waals surface area contributed by atoms with Gasteiger partial charge in [-0.25, -0.2) is 0 Å². The Morgan fingerprint density at radius 3 is 2.45 bits per heavy atom. The van der Waals surface area contributed by atoms with Gasteiger partial charge in [0.2, 0.25) is 0 Å². The van der Waals surface area contributed by atoms with Gasteiger partial charge in [-0.2, -0.15) is 0 Å². The number of nitro benzene ring substituents is 1. The quantitative estimate of drug-likeness (QED) is 0.518. The topological polar surface area (TPSA) is 97.5 Å². The highest BCUT2D eigenvalue weighted by Gasteiger charge is 2.36. The van der Waals surface area contributed by atoms with E-state index < -0.39 is 22.7 Å². The number of carbonyl (C=O) groups excluding carboxylic acids is 1. The number of hydrogen-bond donors (Lipinski definition) is 1. The number of nitrogens with zero attached hydrogens (tertiary/aromatic N) is 1. The van der Waals surface area contributed by atoms with E-state index >= 15 is 0 Å². The minimum Gasteiger partial charge on any atom is -0.481 e. The van der Waals surface area contributed by atoms with Crippen LogP contribution in [0, 0.1) is 22.0 Å². The van der Waals surface area contributed by atoms with Crippen LogP contribution in [0.2, 0.25) is 0 Å². The molecule has 2 atom stereocenters. The summed E-state index contributed by atoms with van der Waals surface area (Å²) in [5.74, 6) is -2.53. The van der Waals surface area contributed by atoms with E-state index in [4.69, 9.17) is 0 Å². The lowest BCUT2D eigenvalue weighted by molar-refractivity contribution is -0.384. The molecule has 0 spiro atoms. The summed E-state index contributed by atoms with van der Waals surface area (Å²) in [5.41, 5.74) is 0.0656. The Morgan fingerprint density at radius 1 is 1.20 bits per heavy atom. The van der Waals surface area contributed by atoms with Crippen molar-refractivity contribution in [1.82, 2.24) is 0 Å². The number of ketones is 1. The van der Waals surface area contributed by atoms with Crippen LogP contribution >= 0.6 is 0 Å². The monoisotopic (exact) mass is 277 g/mol. The van der Waals surface area contributed by atoms with Gasteiger partial charge in [0.05, 0.1) is 10.8 Å². The third-order valence-electron chi connectivity index (χ3n) is 3.76. The van der Waals surface area contributed by atoms with E-state index in [0.29, 0.717) is 12.8 Å². The number of benzene rings is 1. The second-order valence-corrected chi connectivity index (χ2v) is 5.01. The number of Topliss-reactive ketones (excluding diaryl/α,β-unsaturated/α-hetero) is 1. The SMILES string of the molecule is O=C(O)[C@@H]1CCCC[C@H]1C(=O)c1cccc([N+](=O)[O-])c1. The molecule has 106 valence electrons. The van der Waals surface area contributed by atoms with Crippen LogP contribution in [0.15, 0.2) is 24.3 Å². The van der Waals surface area contributed by atoms with E-state index in [1.54, 1.807) is 0 Å². The van der Waals surface area contributed by atoms with Gasteiger partial charge in [0, 0.05) is 23.6 Å². The van der Waals surface area contributed by atoms with Gasteiger partial charge in [0.1, 0.15) is 0 Å². The van der Waals surface area contributed by atoms with Gasteiger partial charge in [0.25, 0.3) is 5.69 Å². The van der Waals surface area contributed by atoms with Crippen LogP contribution in [-0.4, -0.2) is 21.8 Å². The summed E-state index contributed by atoms with van der Waals surface area (Å²) in [6.07, 6.45) is 2.63. The van der Waals surface area contributed by atoms with Crippen LogP contribution in [0.3, 0.4) is 0 Å². The van der Waals surface area contributed by atoms with Crippen LogP contribution < -0.4 is 0 Å². The Hall–Kier alpha value is -2.24. The summed E-state index contributed by atoms with van der Waals surface area (Å²) in [5, 5.41) is 19.9. The molecule has 0 unspecified atom stereocenters. The molecule has 1 aromatic carbocycles. The largest absolute Gasteiger partial charge is 0.481 e. The maximum absolute atomic E-state index is 12.4. The van der Waals surface area contributed by atoms with E-state index in [1.165, 1.54) is 24.3 Å². The van der Waals surface area contributed by atoms with Gasteiger partial charge in [0.15, 0.2) is 5.78 Å². The molecule has 0 saturated heterocycles. The standard InChI is InChI=1S/C14H15NO5/c16-13(9-4-3-5-10(8-9)15(19)20)11-6-1-2-7-12(11)14(17)18/h3-5,8,11-12H,1-2,6-7H2,(H,17,18)/t11-,12-/m1/s1.